The molecule has 0 aliphatic heterocycles. The lowest BCUT2D eigenvalue weighted by atomic mass is 10.1. The highest BCUT2D eigenvalue weighted by Gasteiger charge is 2.14. The number of aliphatic hydroxyl groups is 1. The third-order valence-electron chi connectivity index (χ3n) is 4.44. The van der Waals surface area contributed by atoms with Crippen LogP contribution in [0.5, 0.6) is 5.75 Å². The first-order valence-corrected chi connectivity index (χ1v) is 9.15. The molecule has 0 saturated heterocycles. The normalized spacial score (nSPS) is 11.1. The number of aromatic hydroxyl groups is 1. The largest absolute Gasteiger partial charge is 0.507 e. The Balaban J connectivity index is 1.84. The zero-order chi connectivity index (χ0) is 20.6. The molecule has 0 aromatic heterocycles. The topological polar surface area (TPSA) is 96.6 Å². The summed E-state index contributed by atoms with van der Waals surface area (Å²) < 4.78 is 0. The number of phenols is 1. The van der Waals surface area contributed by atoms with Crippen molar-refractivity contribution in [3.63, 3.8) is 0 Å². The van der Waals surface area contributed by atoms with Crippen molar-refractivity contribution in [3.8, 4) is 11.8 Å². The summed E-state index contributed by atoms with van der Waals surface area (Å²) in [6, 6.07) is 21.8. The number of hydrogen-bond acceptors (Lipinski definition) is 5. The molecule has 146 valence electrons. The summed E-state index contributed by atoms with van der Waals surface area (Å²) in [6.07, 6.45) is 1.46. The van der Waals surface area contributed by atoms with Gasteiger partial charge in [-0.25, -0.2) is 0 Å². The number of aliphatic hydroxyl groups excluding tert-OH is 1. The lowest BCUT2D eigenvalue weighted by Crippen LogP contribution is -2.24. The van der Waals surface area contributed by atoms with Crippen molar-refractivity contribution >= 4 is 22.4 Å². The fourth-order valence-corrected chi connectivity index (χ4v) is 3.05. The quantitative estimate of drug-likeness (QED) is 0.427. The van der Waals surface area contributed by atoms with Crippen LogP contribution in [0.2, 0.25) is 0 Å². The molecule has 6 nitrogen and oxygen atoms in total. The summed E-state index contributed by atoms with van der Waals surface area (Å²) in [7, 11) is 0. The van der Waals surface area contributed by atoms with E-state index in [1.54, 1.807) is 41.3 Å². The highest BCUT2D eigenvalue weighted by atomic mass is 16.3. The zero-order valence-corrected chi connectivity index (χ0v) is 15.7. The number of phenolic OH excluding ortho intramolecular Hbond substituents is 1. The number of nitriles is 1. The first kappa shape index (κ1) is 19.9. The van der Waals surface area contributed by atoms with E-state index in [9.17, 15) is 20.3 Å². The van der Waals surface area contributed by atoms with Crippen LogP contribution in [-0.2, 0) is 11.3 Å². The van der Waals surface area contributed by atoms with Gasteiger partial charge in [-0.15, -0.1) is 0 Å². The molecule has 0 spiro atoms. The number of rotatable bonds is 7. The molecule has 0 aliphatic rings. The summed E-state index contributed by atoms with van der Waals surface area (Å²) >= 11 is 0. The average Bonchev–Trinajstić information content (AvgIpc) is 2.73. The molecule has 0 heterocycles. The van der Waals surface area contributed by atoms with Gasteiger partial charge in [0.05, 0.1) is 6.61 Å². The summed E-state index contributed by atoms with van der Waals surface area (Å²) in [5.41, 5.74) is 1.42. The van der Waals surface area contributed by atoms with Gasteiger partial charge in [0.25, 0.3) is 5.91 Å². The van der Waals surface area contributed by atoms with Gasteiger partial charge < -0.3 is 20.4 Å². The minimum Gasteiger partial charge on any atom is -0.507 e. The van der Waals surface area contributed by atoms with Gasteiger partial charge >= 0.3 is 0 Å². The van der Waals surface area contributed by atoms with Crippen LogP contribution in [0.3, 0.4) is 0 Å². The molecule has 0 fully saturated rings. The van der Waals surface area contributed by atoms with Crippen molar-refractivity contribution in [1.82, 2.24) is 4.90 Å². The fraction of sp³-hybridized carbons (Fsp3) is 0.130. The van der Waals surface area contributed by atoms with Gasteiger partial charge in [0.2, 0.25) is 0 Å². The van der Waals surface area contributed by atoms with Gasteiger partial charge in [0.1, 0.15) is 17.4 Å². The van der Waals surface area contributed by atoms with Crippen LogP contribution in [0.15, 0.2) is 78.5 Å². The van der Waals surface area contributed by atoms with Gasteiger partial charge in [0, 0.05) is 35.7 Å². The Morgan fingerprint density at radius 2 is 1.76 bits per heavy atom. The van der Waals surface area contributed by atoms with Gasteiger partial charge in [-0.3, -0.25) is 4.79 Å². The summed E-state index contributed by atoms with van der Waals surface area (Å²) in [5.74, 6) is -0.439. The number of nitrogens with zero attached hydrogens (tertiary/aromatic N) is 2. The van der Waals surface area contributed by atoms with E-state index in [1.807, 2.05) is 36.4 Å². The second-order valence-corrected chi connectivity index (χ2v) is 6.47. The van der Waals surface area contributed by atoms with Crippen LogP contribution >= 0.6 is 0 Å². The molecule has 29 heavy (non-hydrogen) atoms. The first-order valence-electron chi connectivity index (χ1n) is 9.15. The summed E-state index contributed by atoms with van der Waals surface area (Å²) in [6.45, 7) is 0.643. The van der Waals surface area contributed by atoms with Crippen molar-refractivity contribution in [2.45, 2.75) is 6.54 Å². The maximum absolute atomic E-state index is 12.7. The summed E-state index contributed by atoms with van der Waals surface area (Å²) in [5, 5.41) is 32.9. The molecule has 0 bridgehead atoms. The second kappa shape index (κ2) is 9.40. The standard InChI is InChI=1S/C23H21N3O3/c24-14-18(16-26(12-13-27)15-17-6-2-1-3-7-17)23(29)25-21-10-4-9-20-19(21)8-5-11-22(20)28/h1-11,16,27-28H,12-13,15H2,(H,25,29)/b18-16-. The van der Waals surface area contributed by atoms with Crippen molar-refractivity contribution in [2.75, 3.05) is 18.5 Å². The van der Waals surface area contributed by atoms with E-state index in [4.69, 9.17) is 0 Å². The molecule has 6 heteroatoms. The highest BCUT2D eigenvalue weighted by Crippen LogP contribution is 2.30. The fourth-order valence-electron chi connectivity index (χ4n) is 3.05. The highest BCUT2D eigenvalue weighted by molar-refractivity contribution is 6.11. The Labute approximate surface area is 168 Å². The van der Waals surface area contributed by atoms with Crippen LogP contribution in [0.25, 0.3) is 10.8 Å². The van der Waals surface area contributed by atoms with E-state index < -0.39 is 5.91 Å². The minimum absolute atomic E-state index is 0.0773. The predicted octanol–water partition coefficient (Wildman–Crippen LogP) is 3.39. The molecule has 3 N–H and O–H groups in total. The van der Waals surface area contributed by atoms with Crippen LogP contribution in [0.4, 0.5) is 5.69 Å². The van der Waals surface area contributed by atoms with Gasteiger partial charge in [-0.1, -0.05) is 54.6 Å². The van der Waals surface area contributed by atoms with Crippen molar-refractivity contribution in [3.05, 3.63) is 84.1 Å². The molecule has 0 atom stereocenters. The SMILES string of the molecule is N#C/C(=C/N(CCO)Cc1ccccc1)C(=O)Nc1cccc2c(O)cccc12. The predicted molar refractivity (Wildman–Crippen MR) is 112 cm³/mol. The lowest BCUT2D eigenvalue weighted by Gasteiger charge is -2.20. The molecule has 0 aliphatic carbocycles. The van der Waals surface area contributed by atoms with Crippen LogP contribution in [0, 0.1) is 11.3 Å². The third-order valence-corrected chi connectivity index (χ3v) is 4.44. The van der Waals surface area contributed by atoms with E-state index in [2.05, 4.69) is 5.32 Å². The Morgan fingerprint density at radius 3 is 2.48 bits per heavy atom. The molecule has 3 aromatic carbocycles. The number of fused-ring (bicyclic) bond motifs is 1. The number of benzene rings is 3. The van der Waals surface area contributed by atoms with Gasteiger partial charge in [-0.2, -0.15) is 5.26 Å². The van der Waals surface area contributed by atoms with Gasteiger partial charge in [-0.05, 0) is 17.7 Å². The Hall–Kier alpha value is -3.82. The molecule has 0 saturated carbocycles. The Bertz CT molecular complexity index is 1070. The molecule has 3 aromatic rings. The number of hydrogen-bond donors (Lipinski definition) is 3. The van der Waals surface area contributed by atoms with E-state index in [0.29, 0.717) is 23.0 Å². The van der Waals surface area contributed by atoms with E-state index in [-0.39, 0.29) is 24.5 Å². The molecular weight excluding hydrogens is 366 g/mol. The molecule has 0 radical (unpaired) electrons. The van der Waals surface area contributed by atoms with Crippen molar-refractivity contribution in [1.29, 1.82) is 5.26 Å². The lowest BCUT2D eigenvalue weighted by molar-refractivity contribution is -0.112. The second-order valence-electron chi connectivity index (χ2n) is 6.47. The van der Waals surface area contributed by atoms with Crippen molar-refractivity contribution in [2.24, 2.45) is 0 Å². The Kier molecular flexibility index (Phi) is 6.46. The zero-order valence-electron chi connectivity index (χ0n) is 15.7. The van der Waals surface area contributed by atoms with Crippen LogP contribution < -0.4 is 5.32 Å². The smallest absolute Gasteiger partial charge is 0.267 e. The summed E-state index contributed by atoms with van der Waals surface area (Å²) in [4.78, 5) is 14.4. The number of anilines is 1. The maximum atomic E-state index is 12.7. The minimum atomic E-state index is -0.556. The molecular formula is C23H21N3O3. The van der Waals surface area contributed by atoms with Crippen LogP contribution in [0.1, 0.15) is 5.56 Å². The van der Waals surface area contributed by atoms with E-state index >= 15 is 0 Å². The van der Waals surface area contributed by atoms with Crippen LogP contribution in [-0.4, -0.2) is 34.2 Å². The maximum Gasteiger partial charge on any atom is 0.267 e. The molecule has 3 rings (SSSR count). The first-order chi connectivity index (χ1) is 14.1. The van der Waals surface area contributed by atoms with E-state index in [0.717, 1.165) is 5.56 Å². The van der Waals surface area contributed by atoms with E-state index in [1.165, 1.54) is 6.20 Å². The van der Waals surface area contributed by atoms with Crippen molar-refractivity contribution < 1.29 is 15.0 Å². The monoisotopic (exact) mass is 387 g/mol. The number of amides is 1. The molecule has 0 unspecified atom stereocenters. The number of carbonyl (C=O) groups excluding carboxylic acids is 1. The number of nitrogens with one attached hydrogen (secondary N) is 1. The number of carbonyl (C=O) groups is 1. The third kappa shape index (κ3) is 4.92. The Morgan fingerprint density at radius 1 is 1.03 bits per heavy atom. The molecule has 1 amide bonds. The average molecular weight is 387 g/mol. The van der Waals surface area contributed by atoms with Gasteiger partial charge in [0.15, 0.2) is 0 Å².